The third-order valence-corrected chi connectivity index (χ3v) is 2.74. The molecule has 2 atom stereocenters. The number of hydrogen-bond donors (Lipinski definition) is 1. The third-order valence-electron chi connectivity index (χ3n) is 2.74. The Morgan fingerprint density at radius 1 is 1.56 bits per heavy atom. The molecular formula is C12H15NO3. The highest BCUT2D eigenvalue weighted by atomic mass is 16.5. The van der Waals surface area contributed by atoms with Gasteiger partial charge in [0.05, 0.1) is 18.8 Å². The highest BCUT2D eigenvalue weighted by Crippen LogP contribution is 2.30. The Balaban J connectivity index is 2.29. The van der Waals surface area contributed by atoms with E-state index in [0.717, 1.165) is 11.1 Å². The van der Waals surface area contributed by atoms with Gasteiger partial charge in [0.15, 0.2) is 0 Å². The minimum Gasteiger partial charge on any atom is -0.427 e. The van der Waals surface area contributed by atoms with Crippen molar-refractivity contribution in [3.05, 3.63) is 29.3 Å². The van der Waals surface area contributed by atoms with Crippen molar-refractivity contribution in [2.75, 3.05) is 0 Å². The van der Waals surface area contributed by atoms with Crippen LogP contribution in [0, 0.1) is 0 Å². The summed E-state index contributed by atoms with van der Waals surface area (Å²) in [4.78, 5) is 10.8. The molecule has 0 radical (unpaired) electrons. The summed E-state index contributed by atoms with van der Waals surface area (Å²) in [6, 6.07) is 5.35. The van der Waals surface area contributed by atoms with Crippen LogP contribution in [0.1, 0.15) is 31.0 Å². The number of nitrogens with two attached hydrogens (primary N) is 1. The minimum absolute atomic E-state index is 0.0204. The number of fused-ring (bicyclic) bond motifs is 1. The van der Waals surface area contributed by atoms with Crippen molar-refractivity contribution in [1.82, 2.24) is 0 Å². The summed E-state index contributed by atoms with van der Waals surface area (Å²) >= 11 is 0. The lowest BCUT2D eigenvalue weighted by Gasteiger charge is -2.28. The number of rotatable bonds is 1. The van der Waals surface area contributed by atoms with Gasteiger partial charge < -0.3 is 15.2 Å². The maximum absolute atomic E-state index is 10.8. The zero-order valence-electron chi connectivity index (χ0n) is 9.40. The van der Waals surface area contributed by atoms with Crippen molar-refractivity contribution in [1.29, 1.82) is 0 Å². The molecule has 4 nitrogen and oxygen atoms in total. The second-order valence-corrected chi connectivity index (χ2v) is 4.00. The van der Waals surface area contributed by atoms with Gasteiger partial charge >= 0.3 is 5.97 Å². The minimum atomic E-state index is -0.325. The van der Waals surface area contributed by atoms with Gasteiger partial charge in [-0.2, -0.15) is 0 Å². The first-order chi connectivity index (χ1) is 7.58. The molecule has 0 spiro atoms. The molecule has 1 aromatic carbocycles. The number of carbonyl (C=O) groups excluding carboxylic acids is 1. The zero-order chi connectivity index (χ0) is 11.7. The van der Waals surface area contributed by atoms with Crippen LogP contribution in [0.25, 0.3) is 0 Å². The van der Waals surface area contributed by atoms with E-state index in [-0.39, 0.29) is 18.1 Å². The molecule has 0 unspecified atom stereocenters. The molecule has 1 aliphatic rings. The molecule has 0 amide bonds. The molecule has 4 heteroatoms. The summed E-state index contributed by atoms with van der Waals surface area (Å²) in [5.74, 6) is 0.214. The Morgan fingerprint density at radius 2 is 2.31 bits per heavy atom. The van der Waals surface area contributed by atoms with E-state index in [4.69, 9.17) is 15.2 Å². The number of esters is 1. The monoisotopic (exact) mass is 221 g/mol. The first kappa shape index (κ1) is 11.1. The lowest BCUT2D eigenvalue weighted by molar-refractivity contribution is -0.131. The predicted octanol–water partition coefficient (Wildman–Crippen LogP) is 1.53. The average molecular weight is 221 g/mol. The molecule has 0 aliphatic carbocycles. The number of carbonyl (C=O) groups is 1. The third kappa shape index (κ3) is 2.08. The lowest BCUT2D eigenvalue weighted by atomic mass is 9.95. The Labute approximate surface area is 94.3 Å². The van der Waals surface area contributed by atoms with E-state index in [9.17, 15) is 4.79 Å². The maximum atomic E-state index is 10.8. The first-order valence-corrected chi connectivity index (χ1v) is 5.26. The Morgan fingerprint density at radius 3 is 3.00 bits per heavy atom. The van der Waals surface area contributed by atoms with Crippen LogP contribution in [0.4, 0.5) is 0 Å². The topological polar surface area (TPSA) is 61.5 Å². The fourth-order valence-electron chi connectivity index (χ4n) is 1.84. The number of ether oxygens (including phenoxy) is 2. The van der Waals surface area contributed by atoms with Crippen LogP contribution < -0.4 is 10.5 Å². The molecule has 0 bridgehead atoms. The zero-order valence-corrected chi connectivity index (χ0v) is 9.40. The molecule has 0 aromatic heterocycles. The highest BCUT2D eigenvalue weighted by Gasteiger charge is 2.24. The van der Waals surface area contributed by atoms with Crippen LogP contribution >= 0.6 is 0 Å². The van der Waals surface area contributed by atoms with Crippen molar-refractivity contribution < 1.29 is 14.3 Å². The van der Waals surface area contributed by atoms with Gasteiger partial charge in [-0.05, 0) is 30.2 Å². The fourth-order valence-corrected chi connectivity index (χ4v) is 1.84. The largest absolute Gasteiger partial charge is 0.427 e. The van der Waals surface area contributed by atoms with E-state index in [2.05, 4.69) is 0 Å². The normalized spacial score (nSPS) is 23.7. The standard InChI is InChI=1S/C12H15NO3/c1-7-12(13)11-4-3-10(16-8(2)14)5-9(11)6-15-7/h3-5,7,12H,6,13H2,1-2H3/t7-,12-/m1/s1. The molecule has 86 valence electrons. The average Bonchev–Trinajstić information content (AvgIpc) is 2.23. The molecule has 16 heavy (non-hydrogen) atoms. The molecule has 1 heterocycles. The van der Waals surface area contributed by atoms with Gasteiger partial charge in [-0.1, -0.05) is 6.07 Å². The van der Waals surface area contributed by atoms with E-state index in [1.54, 1.807) is 6.07 Å². The molecule has 0 fully saturated rings. The van der Waals surface area contributed by atoms with Crippen molar-refractivity contribution in [3.63, 3.8) is 0 Å². The molecule has 1 aliphatic heterocycles. The van der Waals surface area contributed by atoms with Crippen LogP contribution in [-0.4, -0.2) is 12.1 Å². The van der Waals surface area contributed by atoms with Gasteiger partial charge in [0, 0.05) is 6.92 Å². The summed E-state index contributed by atoms with van der Waals surface area (Å²) in [7, 11) is 0. The fraction of sp³-hybridized carbons (Fsp3) is 0.417. The van der Waals surface area contributed by atoms with Gasteiger partial charge in [0.25, 0.3) is 0 Å². The van der Waals surface area contributed by atoms with Crippen molar-refractivity contribution in [2.24, 2.45) is 5.73 Å². The van der Waals surface area contributed by atoms with E-state index in [0.29, 0.717) is 12.4 Å². The highest BCUT2D eigenvalue weighted by molar-refractivity contribution is 5.69. The quantitative estimate of drug-likeness (QED) is 0.577. The maximum Gasteiger partial charge on any atom is 0.308 e. The number of benzene rings is 1. The second-order valence-electron chi connectivity index (χ2n) is 4.00. The molecule has 0 saturated carbocycles. The second kappa shape index (κ2) is 4.23. The van der Waals surface area contributed by atoms with Crippen LogP contribution in [0.2, 0.25) is 0 Å². The van der Waals surface area contributed by atoms with Crippen LogP contribution in [0.15, 0.2) is 18.2 Å². The van der Waals surface area contributed by atoms with E-state index in [1.807, 2.05) is 19.1 Å². The Kier molecular flexibility index (Phi) is 2.94. The molecule has 2 N–H and O–H groups in total. The van der Waals surface area contributed by atoms with Gasteiger partial charge in [-0.3, -0.25) is 4.79 Å². The number of hydrogen-bond acceptors (Lipinski definition) is 4. The summed E-state index contributed by atoms with van der Waals surface area (Å²) in [6.45, 7) is 3.84. The van der Waals surface area contributed by atoms with Gasteiger partial charge in [0.1, 0.15) is 5.75 Å². The van der Waals surface area contributed by atoms with Gasteiger partial charge in [-0.15, -0.1) is 0 Å². The first-order valence-electron chi connectivity index (χ1n) is 5.26. The van der Waals surface area contributed by atoms with Crippen LogP contribution in [0.3, 0.4) is 0 Å². The van der Waals surface area contributed by atoms with Crippen LogP contribution in [-0.2, 0) is 16.1 Å². The van der Waals surface area contributed by atoms with Crippen molar-refractivity contribution in [2.45, 2.75) is 32.6 Å². The van der Waals surface area contributed by atoms with E-state index >= 15 is 0 Å². The molecule has 1 aromatic rings. The van der Waals surface area contributed by atoms with Crippen LogP contribution in [0.5, 0.6) is 5.75 Å². The summed E-state index contributed by atoms with van der Waals surface area (Å²) < 4.78 is 10.5. The van der Waals surface area contributed by atoms with Gasteiger partial charge in [-0.25, -0.2) is 0 Å². The summed E-state index contributed by atoms with van der Waals surface area (Å²) in [5, 5.41) is 0. The smallest absolute Gasteiger partial charge is 0.308 e. The molecular weight excluding hydrogens is 206 g/mol. The van der Waals surface area contributed by atoms with E-state index in [1.165, 1.54) is 6.92 Å². The summed E-state index contributed by atoms with van der Waals surface area (Å²) in [6.07, 6.45) is 0.0204. The lowest BCUT2D eigenvalue weighted by Crippen LogP contribution is -2.31. The SMILES string of the molecule is CC(=O)Oc1ccc2c(c1)CO[C@H](C)[C@H]2N. The Bertz CT molecular complexity index is 417. The molecule has 2 rings (SSSR count). The Hall–Kier alpha value is -1.39. The van der Waals surface area contributed by atoms with Gasteiger partial charge in [0.2, 0.25) is 0 Å². The predicted molar refractivity (Wildman–Crippen MR) is 58.9 cm³/mol. The van der Waals surface area contributed by atoms with Crippen molar-refractivity contribution >= 4 is 5.97 Å². The molecule has 0 saturated heterocycles. The van der Waals surface area contributed by atoms with Crippen molar-refractivity contribution in [3.8, 4) is 5.75 Å². The summed E-state index contributed by atoms with van der Waals surface area (Å²) in [5.41, 5.74) is 8.06. The van der Waals surface area contributed by atoms with E-state index < -0.39 is 0 Å².